The van der Waals surface area contributed by atoms with Crippen LogP contribution in [0, 0.1) is 6.92 Å². The van der Waals surface area contributed by atoms with Gasteiger partial charge >= 0.3 is 0 Å². The highest BCUT2D eigenvalue weighted by atomic mass is 16.5. The molecular weight excluding hydrogens is 362 g/mol. The van der Waals surface area contributed by atoms with E-state index in [1.807, 2.05) is 49.4 Å². The van der Waals surface area contributed by atoms with Crippen molar-refractivity contribution in [3.8, 4) is 16.9 Å². The molecule has 0 spiro atoms. The molecule has 3 aromatic rings. The van der Waals surface area contributed by atoms with Gasteiger partial charge in [-0.15, -0.1) is 0 Å². The number of rotatable bonds is 6. The second kappa shape index (κ2) is 9.07. The quantitative estimate of drug-likeness (QED) is 0.677. The number of quaternary nitrogens is 1. The fraction of sp³-hybridized carbons (Fsp3) is 0.292. The molecule has 2 N–H and O–H groups in total. The van der Waals surface area contributed by atoms with E-state index in [9.17, 15) is 4.79 Å². The molecule has 1 fully saturated rings. The molecule has 0 aliphatic carbocycles. The van der Waals surface area contributed by atoms with Gasteiger partial charge in [-0.25, -0.2) is 0 Å². The van der Waals surface area contributed by atoms with E-state index in [4.69, 9.17) is 4.74 Å². The van der Waals surface area contributed by atoms with Crippen LogP contribution < -0.4 is 10.2 Å². The Bertz CT molecular complexity index is 945. The average Bonchev–Trinajstić information content (AvgIpc) is 3.13. The minimum absolute atomic E-state index is 0.0120. The summed E-state index contributed by atoms with van der Waals surface area (Å²) in [5.74, 6) is -0.0120. The first-order chi connectivity index (χ1) is 14.2. The highest BCUT2D eigenvalue weighted by molar-refractivity contribution is 5.97. The van der Waals surface area contributed by atoms with E-state index in [0.717, 1.165) is 61.1 Å². The Balaban J connectivity index is 1.58. The molecule has 1 aliphatic heterocycles. The van der Waals surface area contributed by atoms with Gasteiger partial charge in [-0.05, 0) is 30.7 Å². The van der Waals surface area contributed by atoms with Crippen LogP contribution in [0.4, 0.5) is 0 Å². The maximum Gasteiger partial charge on any atom is 0.253 e. The number of para-hydroxylation sites is 1. The van der Waals surface area contributed by atoms with Crippen molar-refractivity contribution >= 4 is 5.91 Å². The second-order valence-electron chi connectivity index (χ2n) is 7.43. The molecule has 5 heteroatoms. The number of ether oxygens (including phenoxy) is 1. The molecule has 150 valence electrons. The summed E-state index contributed by atoms with van der Waals surface area (Å²) in [7, 11) is 0. The maximum absolute atomic E-state index is 13.0. The van der Waals surface area contributed by atoms with E-state index in [2.05, 4.69) is 34.1 Å². The molecule has 0 bridgehead atoms. The number of carbonyl (C=O) groups is 1. The molecule has 2 heterocycles. The van der Waals surface area contributed by atoms with Gasteiger partial charge in [-0.1, -0.05) is 48.5 Å². The van der Waals surface area contributed by atoms with E-state index in [-0.39, 0.29) is 5.91 Å². The second-order valence-corrected chi connectivity index (χ2v) is 7.43. The number of aromatic nitrogens is 1. The van der Waals surface area contributed by atoms with Gasteiger partial charge in [0.1, 0.15) is 13.1 Å². The Morgan fingerprint density at radius 3 is 2.38 bits per heavy atom. The maximum atomic E-state index is 13.0. The van der Waals surface area contributed by atoms with E-state index in [1.165, 1.54) is 4.90 Å². The van der Waals surface area contributed by atoms with E-state index in [0.29, 0.717) is 6.54 Å². The van der Waals surface area contributed by atoms with Crippen LogP contribution in [0.3, 0.4) is 0 Å². The lowest BCUT2D eigenvalue weighted by Crippen LogP contribution is -3.14. The third-order valence-electron chi connectivity index (χ3n) is 5.54. The number of nitrogens with one attached hydrogen (secondary N) is 2. The highest BCUT2D eigenvalue weighted by Gasteiger charge is 2.20. The molecule has 4 rings (SSSR count). The van der Waals surface area contributed by atoms with Crippen molar-refractivity contribution < 1.29 is 14.4 Å². The molecule has 1 aliphatic rings. The van der Waals surface area contributed by atoms with Gasteiger partial charge in [0.05, 0.1) is 37.6 Å². The average molecular weight is 391 g/mol. The summed E-state index contributed by atoms with van der Waals surface area (Å²) in [5.41, 5.74) is 4.85. The van der Waals surface area contributed by atoms with Gasteiger partial charge in [0.2, 0.25) is 0 Å². The van der Waals surface area contributed by atoms with Crippen LogP contribution in [0.2, 0.25) is 0 Å². The number of morpholine rings is 1. The summed E-state index contributed by atoms with van der Waals surface area (Å²) in [5, 5.41) is 3.12. The normalized spacial score (nSPS) is 14.7. The number of nitrogens with zero attached hydrogens (tertiary/aromatic N) is 1. The van der Waals surface area contributed by atoms with Crippen LogP contribution in [0.5, 0.6) is 0 Å². The van der Waals surface area contributed by atoms with Crippen LogP contribution in [0.15, 0.2) is 66.7 Å². The van der Waals surface area contributed by atoms with Crippen molar-refractivity contribution in [2.75, 3.05) is 39.4 Å². The molecule has 29 heavy (non-hydrogen) atoms. The molecule has 0 saturated carbocycles. The van der Waals surface area contributed by atoms with Crippen LogP contribution in [-0.2, 0) is 4.74 Å². The first-order valence-electron chi connectivity index (χ1n) is 10.3. The van der Waals surface area contributed by atoms with Crippen LogP contribution in [0.25, 0.3) is 16.9 Å². The van der Waals surface area contributed by atoms with Crippen molar-refractivity contribution in [1.82, 2.24) is 9.88 Å². The Kier molecular flexibility index (Phi) is 6.08. The van der Waals surface area contributed by atoms with Gasteiger partial charge in [-0.2, -0.15) is 0 Å². The van der Waals surface area contributed by atoms with Gasteiger partial charge in [0, 0.05) is 11.4 Å². The number of benzene rings is 2. The van der Waals surface area contributed by atoms with Crippen molar-refractivity contribution in [3.63, 3.8) is 0 Å². The molecule has 1 saturated heterocycles. The third kappa shape index (κ3) is 4.42. The topological polar surface area (TPSA) is 47.7 Å². The number of hydrogen-bond donors (Lipinski definition) is 2. The molecule has 1 aromatic heterocycles. The molecule has 0 atom stereocenters. The molecule has 0 unspecified atom stereocenters. The van der Waals surface area contributed by atoms with Crippen molar-refractivity contribution in [2.45, 2.75) is 6.92 Å². The monoisotopic (exact) mass is 390 g/mol. The third-order valence-corrected chi connectivity index (χ3v) is 5.54. The summed E-state index contributed by atoms with van der Waals surface area (Å²) in [6.45, 7) is 7.26. The standard InChI is InChI=1S/C24H27N3O2/c1-19-22(24(28)25-12-13-26-14-16-29-17-15-26)18-23(20-8-4-2-5-9-20)27(19)21-10-6-3-7-11-21/h2-11,18H,12-17H2,1H3,(H,25,28)/p+1. The first kappa shape index (κ1) is 19.4. The summed E-state index contributed by atoms with van der Waals surface area (Å²) in [6.07, 6.45) is 0. The number of amides is 1. The SMILES string of the molecule is Cc1c(C(=O)NCC[NH+]2CCOCC2)cc(-c2ccccc2)n1-c1ccccc1. The lowest BCUT2D eigenvalue weighted by molar-refractivity contribution is -0.906. The fourth-order valence-electron chi connectivity index (χ4n) is 3.93. The van der Waals surface area contributed by atoms with E-state index < -0.39 is 0 Å². The van der Waals surface area contributed by atoms with E-state index in [1.54, 1.807) is 0 Å². The zero-order chi connectivity index (χ0) is 20.1. The molecule has 1 amide bonds. The predicted molar refractivity (Wildman–Crippen MR) is 115 cm³/mol. The lowest BCUT2D eigenvalue weighted by atomic mass is 10.1. The molecule has 2 aromatic carbocycles. The minimum Gasteiger partial charge on any atom is -0.370 e. The molecule has 0 radical (unpaired) electrons. The van der Waals surface area contributed by atoms with Gasteiger partial charge < -0.3 is 19.5 Å². The predicted octanol–water partition coefficient (Wildman–Crippen LogP) is 2.10. The summed E-state index contributed by atoms with van der Waals surface area (Å²) in [4.78, 5) is 14.5. The van der Waals surface area contributed by atoms with Gasteiger partial charge in [0.15, 0.2) is 0 Å². The largest absolute Gasteiger partial charge is 0.370 e. The van der Waals surface area contributed by atoms with Crippen molar-refractivity contribution in [1.29, 1.82) is 0 Å². The summed E-state index contributed by atoms with van der Waals surface area (Å²) >= 11 is 0. The van der Waals surface area contributed by atoms with Crippen LogP contribution in [0.1, 0.15) is 16.1 Å². The smallest absolute Gasteiger partial charge is 0.253 e. The summed E-state index contributed by atoms with van der Waals surface area (Å²) in [6, 6.07) is 22.4. The Morgan fingerprint density at radius 2 is 1.69 bits per heavy atom. The van der Waals surface area contributed by atoms with Crippen molar-refractivity contribution in [2.24, 2.45) is 0 Å². The fourth-order valence-corrected chi connectivity index (χ4v) is 3.93. The highest BCUT2D eigenvalue weighted by Crippen LogP contribution is 2.29. The van der Waals surface area contributed by atoms with E-state index >= 15 is 0 Å². The lowest BCUT2D eigenvalue weighted by Gasteiger charge is -2.23. The van der Waals surface area contributed by atoms with Crippen LogP contribution >= 0.6 is 0 Å². The summed E-state index contributed by atoms with van der Waals surface area (Å²) < 4.78 is 7.57. The molecular formula is C24H28N3O2+. The zero-order valence-corrected chi connectivity index (χ0v) is 16.9. The minimum atomic E-state index is -0.0120. The number of carbonyl (C=O) groups excluding carboxylic acids is 1. The zero-order valence-electron chi connectivity index (χ0n) is 16.9. The van der Waals surface area contributed by atoms with Crippen LogP contribution in [-0.4, -0.2) is 49.9 Å². The van der Waals surface area contributed by atoms with Gasteiger partial charge in [-0.3, -0.25) is 4.79 Å². The number of hydrogen-bond acceptors (Lipinski definition) is 2. The Labute approximate surface area is 171 Å². The Hall–Kier alpha value is -2.89. The Morgan fingerprint density at radius 1 is 1.03 bits per heavy atom. The first-order valence-corrected chi connectivity index (χ1v) is 10.3. The van der Waals surface area contributed by atoms with Crippen molar-refractivity contribution in [3.05, 3.63) is 78.0 Å². The van der Waals surface area contributed by atoms with Gasteiger partial charge in [0.25, 0.3) is 5.91 Å². The molecule has 5 nitrogen and oxygen atoms in total.